The van der Waals surface area contributed by atoms with Gasteiger partial charge in [-0.3, -0.25) is 4.90 Å². The quantitative estimate of drug-likeness (QED) is 0.889. The Morgan fingerprint density at radius 3 is 2.33 bits per heavy atom. The van der Waals surface area contributed by atoms with Gasteiger partial charge in [-0.2, -0.15) is 0 Å². The van der Waals surface area contributed by atoms with Crippen molar-refractivity contribution in [3.8, 4) is 0 Å². The molecule has 18 heavy (non-hydrogen) atoms. The van der Waals surface area contributed by atoms with Gasteiger partial charge >= 0.3 is 0 Å². The molecule has 1 heterocycles. The van der Waals surface area contributed by atoms with Crippen molar-refractivity contribution in [2.24, 2.45) is 0 Å². The third kappa shape index (κ3) is 3.31. The van der Waals surface area contributed by atoms with E-state index in [0.29, 0.717) is 6.54 Å². The topological polar surface area (TPSA) is 32.7 Å². The maximum Gasteiger partial charge on any atom is 0.0994 e. The van der Waals surface area contributed by atoms with Gasteiger partial charge in [0.2, 0.25) is 0 Å². The average Bonchev–Trinajstić information content (AvgIpc) is 2.28. The van der Waals surface area contributed by atoms with E-state index >= 15 is 0 Å². The first-order chi connectivity index (χ1) is 8.47. The number of hydrogen-bond acceptors (Lipinski definition) is 3. The normalized spacial score (nSPS) is 28.9. The monoisotopic (exact) mass is 249 g/mol. The molecule has 2 rings (SSSR count). The van der Waals surface area contributed by atoms with Crippen LogP contribution in [-0.4, -0.2) is 41.8 Å². The fourth-order valence-corrected chi connectivity index (χ4v) is 2.74. The molecule has 0 aliphatic carbocycles. The predicted molar refractivity (Wildman–Crippen MR) is 72.5 cm³/mol. The summed E-state index contributed by atoms with van der Waals surface area (Å²) < 4.78 is 5.71. The molecule has 1 aliphatic heterocycles. The van der Waals surface area contributed by atoms with Gasteiger partial charge in [-0.05, 0) is 26.3 Å². The molecule has 0 bridgehead atoms. The molecule has 1 fully saturated rings. The van der Waals surface area contributed by atoms with Crippen molar-refractivity contribution < 1.29 is 9.84 Å². The first kappa shape index (κ1) is 13.5. The number of benzene rings is 1. The zero-order valence-corrected chi connectivity index (χ0v) is 11.5. The van der Waals surface area contributed by atoms with Crippen molar-refractivity contribution in [3.05, 3.63) is 35.9 Å². The summed E-state index contributed by atoms with van der Waals surface area (Å²) in [7, 11) is 0. The Kier molecular flexibility index (Phi) is 4.05. The van der Waals surface area contributed by atoms with E-state index in [9.17, 15) is 5.11 Å². The van der Waals surface area contributed by atoms with Crippen LogP contribution in [0.25, 0.3) is 0 Å². The summed E-state index contributed by atoms with van der Waals surface area (Å²) in [4.78, 5) is 2.28. The van der Waals surface area contributed by atoms with Crippen LogP contribution in [0.15, 0.2) is 30.3 Å². The second-order valence-corrected chi connectivity index (χ2v) is 5.59. The summed E-state index contributed by atoms with van der Waals surface area (Å²) in [6.45, 7) is 8.46. The third-order valence-electron chi connectivity index (χ3n) is 3.42. The van der Waals surface area contributed by atoms with Crippen LogP contribution in [-0.2, 0) is 10.3 Å². The lowest BCUT2D eigenvalue weighted by Crippen LogP contribution is -2.50. The fraction of sp³-hybridized carbons (Fsp3) is 0.600. The molecule has 0 aromatic heterocycles. The molecule has 0 spiro atoms. The number of nitrogens with zero attached hydrogens (tertiary/aromatic N) is 1. The van der Waals surface area contributed by atoms with E-state index in [1.54, 1.807) is 0 Å². The van der Waals surface area contributed by atoms with E-state index in [1.807, 2.05) is 37.3 Å². The van der Waals surface area contributed by atoms with E-state index in [4.69, 9.17) is 4.74 Å². The van der Waals surface area contributed by atoms with Crippen molar-refractivity contribution in [2.45, 2.75) is 38.6 Å². The molecule has 0 saturated carbocycles. The van der Waals surface area contributed by atoms with Gasteiger partial charge in [0.15, 0.2) is 0 Å². The van der Waals surface area contributed by atoms with Gasteiger partial charge in [-0.15, -0.1) is 0 Å². The number of ether oxygens (including phenoxy) is 1. The molecule has 3 atom stereocenters. The minimum Gasteiger partial charge on any atom is -0.384 e. The lowest BCUT2D eigenvalue weighted by molar-refractivity contribution is -0.0902. The number of rotatable bonds is 3. The highest BCUT2D eigenvalue weighted by molar-refractivity contribution is 5.21. The van der Waals surface area contributed by atoms with Crippen LogP contribution in [0.2, 0.25) is 0 Å². The molecule has 1 N–H and O–H groups in total. The molecule has 1 aromatic rings. The molecular formula is C15H23NO2. The Morgan fingerprint density at radius 2 is 1.78 bits per heavy atom. The predicted octanol–water partition coefficient (Wildman–Crippen LogP) is 2.00. The zero-order valence-electron chi connectivity index (χ0n) is 11.5. The second-order valence-electron chi connectivity index (χ2n) is 5.59. The fourth-order valence-electron chi connectivity index (χ4n) is 2.74. The summed E-state index contributed by atoms with van der Waals surface area (Å²) in [5.41, 5.74) is 0.162. The molecule has 1 aromatic carbocycles. The Labute approximate surface area is 109 Å². The van der Waals surface area contributed by atoms with Gasteiger partial charge in [-0.1, -0.05) is 30.3 Å². The summed E-state index contributed by atoms with van der Waals surface area (Å²) in [5.74, 6) is 0. The number of β-amino-alcohol motifs (C(OH)–C–C–N with tert-alkyl or cyclic N) is 1. The summed E-state index contributed by atoms with van der Waals surface area (Å²) in [5, 5.41) is 10.6. The van der Waals surface area contributed by atoms with Crippen LogP contribution in [0.3, 0.4) is 0 Å². The van der Waals surface area contributed by atoms with E-state index in [2.05, 4.69) is 18.7 Å². The largest absolute Gasteiger partial charge is 0.384 e. The summed E-state index contributed by atoms with van der Waals surface area (Å²) in [6, 6.07) is 9.86. The van der Waals surface area contributed by atoms with Crippen molar-refractivity contribution in [2.75, 3.05) is 19.6 Å². The van der Waals surface area contributed by atoms with E-state index in [0.717, 1.165) is 18.7 Å². The lowest BCUT2D eigenvalue weighted by atomic mass is 9.95. The minimum atomic E-state index is -0.808. The van der Waals surface area contributed by atoms with Crippen molar-refractivity contribution in [1.82, 2.24) is 4.90 Å². The number of aliphatic hydroxyl groups is 1. The first-order valence-electron chi connectivity index (χ1n) is 6.63. The first-order valence-corrected chi connectivity index (χ1v) is 6.63. The molecule has 3 nitrogen and oxygen atoms in total. The zero-order chi connectivity index (χ0) is 13.2. The lowest BCUT2D eigenvalue weighted by Gasteiger charge is -2.39. The van der Waals surface area contributed by atoms with Gasteiger partial charge in [0.25, 0.3) is 0 Å². The van der Waals surface area contributed by atoms with Crippen molar-refractivity contribution in [3.63, 3.8) is 0 Å². The molecule has 100 valence electrons. The van der Waals surface area contributed by atoms with E-state index < -0.39 is 5.60 Å². The van der Waals surface area contributed by atoms with Gasteiger partial charge in [-0.25, -0.2) is 0 Å². The molecule has 3 heteroatoms. The van der Waals surface area contributed by atoms with Gasteiger partial charge < -0.3 is 9.84 Å². The Morgan fingerprint density at radius 1 is 1.22 bits per heavy atom. The van der Waals surface area contributed by atoms with Crippen LogP contribution < -0.4 is 0 Å². The van der Waals surface area contributed by atoms with Gasteiger partial charge in [0, 0.05) is 19.6 Å². The van der Waals surface area contributed by atoms with Gasteiger partial charge in [0.1, 0.15) is 0 Å². The molecule has 0 amide bonds. The summed E-state index contributed by atoms with van der Waals surface area (Å²) in [6.07, 6.45) is 0.473. The minimum absolute atomic E-state index is 0.236. The average molecular weight is 249 g/mol. The molecule has 3 unspecified atom stereocenters. The second kappa shape index (κ2) is 5.39. The highest BCUT2D eigenvalue weighted by Crippen LogP contribution is 2.23. The standard InChI is InChI=1S/C15H23NO2/c1-12-9-16(10-13(2)18-12)11-15(3,17)14-7-5-4-6-8-14/h4-8,12-13,17H,9-11H2,1-3H3. The molecule has 1 aliphatic rings. The van der Waals surface area contributed by atoms with Crippen molar-refractivity contribution >= 4 is 0 Å². The van der Waals surface area contributed by atoms with Crippen LogP contribution in [0.5, 0.6) is 0 Å². The van der Waals surface area contributed by atoms with Crippen LogP contribution in [0.1, 0.15) is 26.3 Å². The van der Waals surface area contributed by atoms with E-state index in [1.165, 1.54) is 0 Å². The van der Waals surface area contributed by atoms with Crippen LogP contribution in [0, 0.1) is 0 Å². The Hall–Kier alpha value is -0.900. The summed E-state index contributed by atoms with van der Waals surface area (Å²) >= 11 is 0. The van der Waals surface area contributed by atoms with Crippen LogP contribution in [0.4, 0.5) is 0 Å². The molecule has 0 radical (unpaired) electrons. The highest BCUT2D eigenvalue weighted by Gasteiger charge is 2.30. The number of morpholine rings is 1. The van der Waals surface area contributed by atoms with Gasteiger partial charge in [0.05, 0.1) is 17.8 Å². The van der Waals surface area contributed by atoms with Crippen LogP contribution >= 0.6 is 0 Å². The maximum absolute atomic E-state index is 10.6. The SMILES string of the molecule is CC1CN(CC(C)(O)c2ccccc2)CC(C)O1. The smallest absolute Gasteiger partial charge is 0.0994 e. The Balaban J connectivity index is 2.04. The molecular weight excluding hydrogens is 226 g/mol. The van der Waals surface area contributed by atoms with E-state index in [-0.39, 0.29) is 12.2 Å². The Bertz CT molecular complexity index is 367. The number of hydrogen-bond donors (Lipinski definition) is 1. The van der Waals surface area contributed by atoms with Crippen molar-refractivity contribution in [1.29, 1.82) is 0 Å². The molecule has 1 saturated heterocycles. The third-order valence-corrected chi connectivity index (χ3v) is 3.42. The highest BCUT2D eigenvalue weighted by atomic mass is 16.5. The maximum atomic E-state index is 10.6.